The summed E-state index contributed by atoms with van der Waals surface area (Å²) in [5.74, 6) is 6.21. The largest absolute Gasteiger partial charge is 0.445 e. The molecule has 1 fully saturated rings. The molecule has 1 saturated heterocycles. The smallest absolute Gasteiger partial charge is 0.410 e. The molecular weight excluding hydrogens is 264 g/mol. The highest BCUT2D eigenvalue weighted by Crippen LogP contribution is 2.06. The highest BCUT2D eigenvalue weighted by molar-refractivity contribution is 5.67. The molecule has 4 heteroatoms. The minimum absolute atomic E-state index is 0.224. The summed E-state index contributed by atoms with van der Waals surface area (Å²) in [6.45, 7) is 6.32. The van der Waals surface area contributed by atoms with E-state index in [0.29, 0.717) is 19.7 Å². The lowest BCUT2D eigenvalue weighted by Crippen LogP contribution is -2.48. The SMILES string of the molecule is CCC#CCN1CCN(C(=O)OCc2ccccc2)CC1. The van der Waals surface area contributed by atoms with Gasteiger partial charge in [0.2, 0.25) is 0 Å². The molecule has 21 heavy (non-hydrogen) atoms. The molecule has 0 bridgehead atoms. The van der Waals surface area contributed by atoms with E-state index in [1.165, 1.54) is 0 Å². The molecule has 0 unspecified atom stereocenters. The number of benzene rings is 1. The molecule has 0 spiro atoms. The van der Waals surface area contributed by atoms with Gasteiger partial charge in [0.05, 0.1) is 6.54 Å². The van der Waals surface area contributed by atoms with E-state index in [1.807, 2.05) is 37.3 Å². The molecule has 2 rings (SSSR count). The summed E-state index contributed by atoms with van der Waals surface area (Å²) in [7, 11) is 0. The molecule has 0 atom stereocenters. The molecule has 112 valence electrons. The Kier molecular flexibility index (Phi) is 6.11. The van der Waals surface area contributed by atoms with Crippen molar-refractivity contribution in [3.05, 3.63) is 35.9 Å². The van der Waals surface area contributed by atoms with Crippen LogP contribution in [0.25, 0.3) is 0 Å². The Morgan fingerprint density at radius 3 is 2.52 bits per heavy atom. The second-order valence-corrected chi connectivity index (χ2v) is 5.01. The zero-order valence-electron chi connectivity index (χ0n) is 12.5. The third-order valence-corrected chi connectivity index (χ3v) is 3.44. The van der Waals surface area contributed by atoms with Gasteiger partial charge in [0.1, 0.15) is 6.61 Å². The van der Waals surface area contributed by atoms with E-state index in [1.54, 1.807) is 4.90 Å². The van der Waals surface area contributed by atoms with Crippen molar-refractivity contribution < 1.29 is 9.53 Å². The van der Waals surface area contributed by atoms with E-state index in [9.17, 15) is 4.79 Å². The Hall–Kier alpha value is -1.99. The van der Waals surface area contributed by atoms with Gasteiger partial charge >= 0.3 is 6.09 Å². The van der Waals surface area contributed by atoms with Crippen LogP contribution in [0.4, 0.5) is 4.79 Å². The first kappa shape index (κ1) is 15.4. The van der Waals surface area contributed by atoms with Gasteiger partial charge in [-0.2, -0.15) is 0 Å². The Morgan fingerprint density at radius 2 is 1.86 bits per heavy atom. The second-order valence-electron chi connectivity index (χ2n) is 5.01. The van der Waals surface area contributed by atoms with Gasteiger partial charge in [-0.1, -0.05) is 43.2 Å². The van der Waals surface area contributed by atoms with Gasteiger partial charge < -0.3 is 9.64 Å². The molecule has 0 aliphatic carbocycles. The third kappa shape index (κ3) is 5.13. The van der Waals surface area contributed by atoms with Crippen LogP contribution in [0, 0.1) is 11.8 Å². The molecule has 1 aromatic carbocycles. The highest BCUT2D eigenvalue weighted by Gasteiger charge is 2.21. The van der Waals surface area contributed by atoms with Crippen LogP contribution >= 0.6 is 0 Å². The molecule has 4 nitrogen and oxygen atoms in total. The van der Waals surface area contributed by atoms with Crippen molar-refractivity contribution in [1.29, 1.82) is 0 Å². The summed E-state index contributed by atoms with van der Waals surface area (Å²) in [6, 6.07) is 9.75. The minimum atomic E-state index is -0.224. The number of nitrogens with zero attached hydrogens (tertiary/aromatic N) is 2. The van der Waals surface area contributed by atoms with E-state index in [2.05, 4.69) is 16.7 Å². The van der Waals surface area contributed by atoms with E-state index < -0.39 is 0 Å². The molecular formula is C17H22N2O2. The van der Waals surface area contributed by atoms with Crippen LogP contribution in [-0.2, 0) is 11.3 Å². The van der Waals surface area contributed by atoms with Crippen LogP contribution < -0.4 is 0 Å². The van der Waals surface area contributed by atoms with Gasteiger partial charge in [-0.25, -0.2) is 4.79 Å². The van der Waals surface area contributed by atoms with Crippen LogP contribution in [0.3, 0.4) is 0 Å². The van der Waals surface area contributed by atoms with Crippen molar-refractivity contribution in [2.75, 3.05) is 32.7 Å². The summed E-state index contributed by atoms with van der Waals surface area (Å²) < 4.78 is 5.34. The van der Waals surface area contributed by atoms with Gasteiger partial charge in [-0.3, -0.25) is 4.90 Å². The number of amides is 1. The number of hydrogen-bond donors (Lipinski definition) is 0. The molecule has 0 radical (unpaired) electrons. The number of carbonyl (C=O) groups excluding carboxylic acids is 1. The monoisotopic (exact) mass is 286 g/mol. The Labute approximate surface area is 126 Å². The van der Waals surface area contributed by atoms with Gasteiger partial charge in [0, 0.05) is 32.6 Å². The average molecular weight is 286 g/mol. The molecule has 0 N–H and O–H groups in total. The molecule has 1 aromatic rings. The minimum Gasteiger partial charge on any atom is -0.445 e. The summed E-state index contributed by atoms with van der Waals surface area (Å²) in [6.07, 6.45) is 0.671. The number of carbonyl (C=O) groups is 1. The van der Waals surface area contributed by atoms with E-state index >= 15 is 0 Å². The Bertz CT molecular complexity index is 497. The van der Waals surface area contributed by atoms with Gasteiger partial charge in [-0.05, 0) is 5.56 Å². The van der Waals surface area contributed by atoms with Crippen LogP contribution in [0.1, 0.15) is 18.9 Å². The van der Waals surface area contributed by atoms with Crippen LogP contribution in [0.15, 0.2) is 30.3 Å². The summed E-state index contributed by atoms with van der Waals surface area (Å²) in [5, 5.41) is 0. The molecule has 1 aliphatic rings. The van der Waals surface area contributed by atoms with E-state index in [4.69, 9.17) is 4.74 Å². The maximum atomic E-state index is 12.0. The first-order valence-corrected chi connectivity index (χ1v) is 7.43. The summed E-state index contributed by atoms with van der Waals surface area (Å²) >= 11 is 0. The highest BCUT2D eigenvalue weighted by atomic mass is 16.6. The van der Waals surface area contributed by atoms with Crippen LogP contribution in [0.5, 0.6) is 0 Å². The summed E-state index contributed by atoms with van der Waals surface area (Å²) in [4.78, 5) is 16.0. The van der Waals surface area contributed by atoms with Crippen molar-refractivity contribution in [3.63, 3.8) is 0 Å². The number of ether oxygens (including phenoxy) is 1. The number of piperazine rings is 1. The zero-order chi connectivity index (χ0) is 14.9. The fourth-order valence-electron chi connectivity index (χ4n) is 2.19. The molecule has 1 amide bonds. The third-order valence-electron chi connectivity index (χ3n) is 3.44. The number of rotatable bonds is 3. The first-order chi connectivity index (χ1) is 10.3. The van der Waals surface area contributed by atoms with Crippen LogP contribution in [-0.4, -0.2) is 48.6 Å². The average Bonchev–Trinajstić information content (AvgIpc) is 2.54. The standard InChI is InChI=1S/C17H22N2O2/c1-2-3-7-10-18-11-13-19(14-12-18)17(20)21-15-16-8-5-4-6-9-16/h4-6,8-9H,2,10-15H2,1H3. The maximum absolute atomic E-state index is 12.0. The molecule has 0 saturated carbocycles. The van der Waals surface area contributed by atoms with Crippen LogP contribution in [0.2, 0.25) is 0 Å². The fraction of sp³-hybridized carbons (Fsp3) is 0.471. The topological polar surface area (TPSA) is 32.8 Å². The lowest BCUT2D eigenvalue weighted by Gasteiger charge is -2.32. The summed E-state index contributed by atoms with van der Waals surface area (Å²) in [5.41, 5.74) is 1.01. The molecule has 1 heterocycles. The predicted octanol–water partition coefficient (Wildman–Crippen LogP) is 2.35. The Balaban J connectivity index is 1.70. The lowest BCUT2D eigenvalue weighted by atomic mass is 10.2. The normalized spacial score (nSPS) is 15.2. The fourth-order valence-corrected chi connectivity index (χ4v) is 2.19. The Morgan fingerprint density at radius 1 is 1.14 bits per heavy atom. The number of hydrogen-bond acceptors (Lipinski definition) is 3. The van der Waals surface area contributed by atoms with Crippen molar-refractivity contribution in [2.24, 2.45) is 0 Å². The van der Waals surface area contributed by atoms with E-state index in [0.717, 1.165) is 31.6 Å². The maximum Gasteiger partial charge on any atom is 0.410 e. The van der Waals surface area contributed by atoms with Gasteiger partial charge in [0.25, 0.3) is 0 Å². The van der Waals surface area contributed by atoms with Crippen molar-refractivity contribution >= 4 is 6.09 Å². The zero-order valence-corrected chi connectivity index (χ0v) is 12.5. The van der Waals surface area contributed by atoms with Crippen molar-refractivity contribution in [1.82, 2.24) is 9.80 Å². The molecule has 0 aromatic heterocycles. The van der Waals surface area contributed by atoms with E-state index in [-0.39, 0.29) is 6.09 Å². The van der Waals surface area contributed by atoms with Crippen molar-refractivity contribution in [2.45, 2.75) is 20.0 Å². The lowest BCUT2D eigenvalue weighted by molar-refractivity contribution is 0.0745. The van der Waals surface area contributed by atoms with Gasteiger partial charge in [-0.15, -0.1) is 5.92 Å². The first-order valence-electron chi connectivity index (χ1n) is 7.43. The second kappa shape index (κ2) is 8.33. The quantitative estimate of drug-likeness (QED) is 0.800. The molecule has 1 aliphatic heterocycles. The van der Waals surface area contributed by atoms with Gasteiger partial charge in [0.15, 0.2) is 0 Å². The predicted molar refractivity (Wildman–Crippen MR) is 82.7 cm³/mol. The van der Waals surface area contributed by atoms with Crippen molar-refractivity contribution in [3.8, 4) is 11.8 Å².